The molecule has 132 valence electrons. The van der Waals surface area contributed by atoms with E-state index in [0.717, 1.165) is 27.3 Å². The van der Waals surface area contributed by atoms with Crippen LogP contribution in [0.25, 0.3) is 32.8 Å². The van der Waals surface area contributed by atoms with E-state index in [9.17, 15) is 15.2 Å². The summed E-state index contributed by atoms with van der Waals surface area (Å²) < 4.78 is 0. The molecule has 27 heavy (non-hydrogen) atoms. The molecule has 0 aliphatic carbocycles. The first-order chi connectivity index (χ1) is 12.6. The summed E-state index contributed by atoms with van der Waals surface area (Å²) in [6.07, 6.45) is 0. The summed E-state index contributed by atoms with van der Waals surface area (Å²) in [6.45, 7) is 1.88. The molecule has 0 bridgehead atoms. The summed E-state index contributed by atoms with van der Waals surface area (Å²) in [5.74, 6) is -1.07. The highest BCUT2D eigenvalue weighted by Crippen LogP contribution is 2.33. The number of carboxylic acid groups (broad SMARTS) is 1. The molecule has 0 spiro atoms. The highest BCUT2D eigenvalue weighted by molar-refractivity contribution is 6.02. The minimum absolute atomic E-state index is 0. The van der Waals surface area contributed by atoms with Crippen LogP contribution in [0.3, 0.4) is 0 Å². The summed E-state index contributed by atoms with van der Waals surface area (Å²) in [7, 11) is 0. The Bertz CT molecular complexity index is 1240. The van der Waals surface area contributed by atoms with Crippen LogP contribution in [0.1, 0.15) is 21.6 Å². The third-order valence-corrected chi connectivity index (χ3v) is 4.61. The molecular formula is C22H15ClN2O2. The molecule has 4 aromatic rings. The van der Waals surface area contributed by atoms with Crippen molar-refractivity contribution < 1.29 is 9.90 Å². The Morgan fingerprint density at radius 1 is 1.04 bits per heavy atom. The molecule has 1 N–H and O–H groups in total. The van der Waals surface area contributed by atoms with Gasteiger partial charge >= 0.3 is 5.97 Å². The number of halogens is 1. The standard InChI is InChI=1S/C22H14N2O2.ClH/c1-13-18-10-14(12-23)6-9-19(18)24-21(22(25)26)20(13)17-8-7-15-4-2-3-5-16(15)11-17;/h2-11H,1H3,(H,25,26);1H. The van der Waals surface area contributed by atoms with Gasteiger partial charge in [0, 0.05) is 10.9 Å². The molecule has 0 saturated carbocycles. The molecule has 0 radical (unpaired) electrons. The zero-order chi connectivity index (χ0) is 18.3. The number of nitrogens with zero attached hydrogens (tertiary/aromatic N) is 2. The highest BCUT2D eigenvalue weighted by atomic mass is 35.5. The van der Waals surface area contributed by atoms with Crippen molar-refractivity contribution in [2.75, 3.05) is 0 Å². The number of carboxylic acids is 1. The number of carbonyl (C=O) groups is 1. The third kappa shape index (κ3) is 3.10. The second kappa shape index (κ2) is 7.06. The van der Waals surface area contributed by atoms with E-state index >= 15 is 0 Å². The van der Waals surface area contributed by atoms with E-state index in [4.69, 9.17) is 0 Å². The van der Waals surface area contributed by atoms with Gasteiger partial charge in [0.1, 0.15) is 0 Å². The number of nitriles is 1. The van der Waals surface area contributed by atoms with Crippen LogP contribution in [-0.2, 0) is 0 Å². The lowest BCUT2D eigenvalue weighted by molar-refractivity contribution is 0.0692. The molecule has 0 amide bonds. The fraction of sp³-hybridized carbons (Fsp3) is 0.0455. The minimum Gasteiger partial charge on any atom is -0.476 e. The maximum absolute atomic E-state index is 11.9. The average molecular weight is 375 g/mol. The molecule has 5 heteroatoms. The van der Waals surface area contributed by atoms with Crippen LogP contribution in [0.15, 0.2) is 60.7 Å². The molecule has 4 nitrogen and oxygen atoms in total. The Balaban J connectivity index is 0.00000210. The van der Waals surface area contributed by atoms with Crippen LogP contribution in [0.4, 0.5) is 0 Å². The van der Waals surface area contributed by atoms with Crippen molar-refractivity contribution in [2.24, 2.45) is 0 Å². The molecule has 0 atom stereocenters. The molecule has 0 saturated heterocycles. The van der Waals surface area contributed by atoms with Crippen LogP contribution in [-0.4, -0.2) is 16.1 Å². The number of hydrogen-bond acceptors (Lipinski definition) is 3. The zero-order valence-electron chi connectivity index (χ0n) is 14.4. The van der Waals surface area contributed by atoms with Crippen molar-refractivity contribution in [3.8, 4) is 17.2 Å². The first-order valence-electron chi connectivity index (χ1n) is 8.15. The Morgan fingerprint density at radius 3 is 2.48 bits per heavy atom. The van der Waals surface area contributed by atoms with Crippen molar-refractivity contribution in [1.82, 2.24) is 4.98 Å². The molecule has 0 aliphatic heterocycles. The van der Waals surface area contributed by atoms with Gasteiger partial charge in [-0.05, 0) is 53.1 Å². The van der Waals surface area contributed by atoms with Gasteiger partial charge in [0.25, 0.3) is 0 Å². The van der Waals surface area contributed by atoms with Crippen molar-refractivity contribution in [1.29, 1.82) is 5.26 Å². The Kier molecular flexibility index (Phi) is 4.81. The van der Waals surface area contributed by atoms with Crippen LogP contribution in [0.2, 0.25) is 0 Å². The number of aromatic carboxylic acids is 1. The molecule has 1 aromatic heterocycles. The van der Waals surface area contributed by atoms with E-state index in [0.29, 0.717) is 16.6 Å². The number of aryl methyl sites for hydroxylation is 1. The van der Waals surface area contributed by atoms with Crippen molar-refractivity contribution >= 4 is 40.1 Å². The van der Waals surface area contributed by atoms with Crippen molar-refractivity contribution in [3.05, 3.63) is 77.5 Å². The number of benzene rings is 3. The summed E-state index contributed by atoms with van der Waals surface area (Å²) in [6, 6.07) is 21.0. The molecule has 1 heterocycles. The lowest BCUT2D eigenvalue weighted by Gasteiger charge is -2.14. The van der Waals surface area contributed by atoms with Gasteiger partial charge < -0.3 is 5.11 Å². The zero-order valence-corrected chi connectivity index (χ0v) is 15.2. The first-order valence-corrected chi connectivity index (χ1v) is 8.15. The largest absolute Gasteiger partial charge is 0.476 e. The van der Waals surface area contributed by atoms with Crippen LogP contribution >= 0.6 is 12.4 Å². The normalized spacial score (nSPS) is 10.4. The first kappa shape index (κ1) is 18.4. The fourth-order valence-electron chi connectivity index (χ4n) is 3.34. The predicted octanol–water partition coefficient (Wildman–Crippen LogP) is 5.36. The van der Waals surface area contributed by atoms with E-state index in [-0.39, 0.29) is 18.1 Å². The topological polar surface area (TPSA) is 74.0 Å². The van der Waals surface area contributed by atoms with Crippen LogP contribution < -0.4 is 0 Å². The minimum atomic E-state index is -1.07. The molecular weight excluding hydrogens is 360 g/mol. The monoisotopic (exact) mass is 374 g/mol. The van der Waals surface area contributed by atoms with E-state index < -0.39 is 5.97 Å². The molecule has 4 rings (SSSR count). The quantitative estimate of drug-likeness (QED) is 0.513. The molecule has 0 unspecified atom stereocenters. The Morgan fingerprint density at radius 2 is 1.78 bits per heavy atom. The number of hydrogen-bond donors (Lipinski definition) is 1. The second-order valence-corrected chi connectivity index (χ2v) is 6.17. The summed E-state index contributed by atoms with van der Waals surface area (Å²) in [5.41, 5.74) is 3.31. The molecule has 0 fully saturated rings. The second-order valence-electron chi connectivity index (χ2n) is 6.17. The predicted molar refractivity (Wildman–Crippen MR) is 108 cm³/mol. The third-order valence-electron chi connectivity index (χ3n) is 4.61. The van der Waals surface area contributed by atoms with Gasteiger partial charge in [-0.3, -0.25) is 0 Å². The van der Waals surface area contributed by atoms with E-state index in [1.54, 1.807) is 18.2 Å². The fourth-order valence-corrected chi connectivity index (χ4v) is 3.34. The lowest BCUT2D eigenvalue weighted by Crippen LogP contribution is -2.06. The van der Waals surface area contributed by atoms with Gasteiger partial charge in [0.05, 0.1) is 17.1 Å². The van der Waals surface area contributed by atoms with Gasteiger partial charge in [0.15, 0.2) is 5.69 Å². The van der Waals surface area contributed by atoms with Gasteiger partial charge in [-0.1, -0.05) is 36.4 Å². The van der Waals surface area contributed by atoms with Gasteiger partial charge in [-0.15, -0.1) is 12.4 Å². The smallest absolute Gasteiger partial charge is 0.355 e. The van der Waals surface area contributed by atoms with Gasteiger partial charge in [0.2, 0.25) is 0 Å². The molecule has 3 aromatic carbocycles. The number of fused-ring (bicyclic) bond motifs is 2. The summed E-state index contributed by atoms with van der Waals surface area (Å²) in [4.78, 5) is 16.2. The van der Waals surface area contributed by atoms with Crippen LogP contribution in [0.5, 0.6) is 0 Å². The van der Waals surface area contributed by atoms with Crippen LogP contribution in [0, 0.1) is 18.3 Å². The highest BCUT2D eigenvalue weighted by Gasteiger charge is 2.19. The SMILES string of the molecule is Cc1c(-c2ccc3ccccc3c2)c(C(=O)O)nc2ccc(C#N)cc12.Cl. The average Bonchev–Trinajstić information content (AvgIpc) is 2.67. The number of rotatable bonds is 2. The van der Waals surface area contributed by atoms with Crippen molar-refractivity contribution in [3.63, 3.8) is 0 Å². The van der Waals surface area contributed by atoms with Crippen molar-refractivity contribution in [2.45, 2.75) is 6.92 Å². The summed E-state index contributed by atoms with van der Waals surface area (Å²) in [5, 5.41) is 21.8. The Hall–Kier alpha value is -3.42. The van der Waals surface area contributed by atoms with Gasteiger partial charge in [-0.25, -0.2) is 9.78 Å². The van der Waals surface area contributed by atoms with E-state index in [1.807, 2.05) is 49.4 Å². The Labute approximate surface area is 162 Å². The van der Waals surface area contributed by atoms with E-state index in [1.165, 1.54) is 0 Å². The van der Waals surface area contributed by atoms with Gasteiger partial charge in [-0.2, -0.15) is 5.26 Å². The maximum atomic E-state index is 11.9. The molecule has 0 aliphatic rings. The van der Waals surface area contributed by atoms with E-state index in [2.05, 4.69) is 11.1 Å². The number of pyridine rings is 1. The number of aromatic nitrogens is 1. The lowest BCUT2D eigenvalue weighted by atomic mass is 9.93. The maximum Gasteiger partial charge on any atom is 0.355 e. The summed E-state index contributed by atoms with van der Waals surface area (Å²) >= 11 is 0.